The first-order valence-electron chi connectivity index (χ1n) is 11.2. The molecule has 1 aliphatic carbocycles. The lowest BCUT2D eigenvalue weighted by Crippen LogP contribution is -2.38. The summed E-state index contributed by atoms with van der Waals surface area (Å²) in [6.45, 7) is 0.412. The number of aromatic nitrogens is 3. The molecule has 0 spiro atoms. The number of benzene rings is 1. The fraction of sp³-hybridized carbons (Fsp3) is 0.250. The standard InChI is InChI=1S/C24H19F2N7O4/c25-14-1-2-17(26)19(9-14)31-7-4-13(12-31)15-10-24(23(34)35,6-3-18(15)33(36)37)20-5-8-32-22(29-20)16(11-27)21(28)30-32/h1-3,5,8-10,13H,4,6-7,12H2,(H2,28,30)(H,34,35). The number of halogens is 2. The average Bonchev–Trinajstić information content (AvgIpc) is 3.48. The summed E-state index contributed by atoms with van der Waals surface area (Å²) in [6.07, 6.45) is 4.09. The fourth-order valence-electron chi connectivity index (χ4n) is 4.98. The van der Waals surface area contributed by atoms with Crippen molar-refractivity contribution in [3.05, 3.63) is 86.9 Å². The van der Waals surface area contributed by atoms with Gasteiger partial charge >= 0.3 is 5.97 Å². The van der Waals surface area contributed by atoms with Crippen molar-refractivity contribution in [1.82, 2.24) is 14.6 Å². The van der Waals surface area contributed by atoms with Crippen molar-refractivity contribution in [2.75, 3.05) is 23.7 Å². The van der Waals surface area contributed by atoms with Gasteiger partial charge in [-0.25, -0.2) is 18.3 Å². The van der Waals surface area contributed by atoms with Crippen molar-refractivity contribution >= 4 is 23.1 Å². The molecule has 1 aliphatic heterocycles. The lowest BCUT2D eigenvalue weighted by atomic mass is 9.73. The number of nitro groups is 1. The third-order valence-corrected chi connectivity index (χ3v) is 6.85. The highest BCUT2D eigenvalue weighted by atomic mass is 19.1. The van der Waals surface area contributed by atoms with Gasteiger partial charge in [0.05, 0.1) is 16.3 Å². The predicted octanol–water partition coefficient (Wildman–Crippen LogP) is 2.80. The number of aliphatic carboxylic acids is 1. The molecule has 3 heterocycles. The van der Waals surface area contributed by atoms with E-state index in [0.29, 0.717) is 6.42 Å². The Morgan fingerprint density at radius 1 is 1.35 bits per heavy atom. The molecule has 1 saturated heterocycles. The van der Waals surface area contributed by atoms with Gasteiger partial charge in [-0.1, -0.05) is 6.08 Å². The van der Waals surface area contributed by atoms with Gasteiger partial charge < -0.3 is 15.7 Å². The molecule has 37 heavy (non-hydrogen) atoms. The molecule has 5 rings (SSSR count). The normalized spacial score (nSPS) is 21.4. The van der Waals surface area contributed by atoms with Crippen LogP contribution in [-0.2, 0) is 10.2 Å². The summed E-state index contributed by atoms with van der Waals surface area (Å²) >= 11 is 0. The lowest BCUT2D eigenvalue weighted by molar-refractivity contribution is -0.422. The van der Waals surface area contributed by atoms with Crippen LogP contribution in [0.15, 0.2) is 53.9 Å². The summed E-state index contributed by atoms with van der Waals surface area (Å²) in [6, 6.07) is 6.38. The predicted molar refractivity (Wildman–Crippen MR) is 126 cm³/mol. The number of carboxylic acids is 1. The van der Waals surface area contributed by atoms with Gasteiger partial charge in [0.25, 0.3) is 5.70 Å². The van der Waals surface area contributed by atoms with E-state index in [1.807, 2.05) is 6.07 Å². The number of fused-ring (bicyclic) bond motifs is 1. The number of carboxylic acid groups (broad SMARTS) is 1. The Labute approximate surface area is 207 Å². The molecule has 2 aliphatic rings. The zero-order valence-electron chi connectivity index (χ0n) is 19.1. The molecule has 3 N–H and O–H groups in total. The smallest absolute Gasteiger partial charge is 0.320 e. The van der Waals surface area contributed by atoms with Gasteiger partial charge in [0, 0.05) is 36.8 Å². The highest BCUT2D eigenvalue weighted by molar-refractivity contribution is 5.85. The summed E-state index contributed by atoms with van der Waals surface area (Å²) in [4.78, 5) is 30.0. The molecule has 0 radical (unpaired) electrons. The van der Waals surface area contributed by atoms with Crippen LogP contribution in [0, 0.1) is 39.0 Å². The number of carbonyl (C=O) groups is 1. The Bertz CT molecular complexity index is 1580. The Balaban J connectivity index is 1.59. The van der Waals surface area contributed by atoms with Crippen LogP contribution in [-0.4, -0.2) is 43.7 Å². The van der Waals surface area contributed by atoms with Crippen molar-refractivity contribution in [2.45, 2.75) is 18.3 Å². The number of nitrogen functional groups attached to an aromatic ring is 1. The van der Waals surface area contributed by atoms with Crippen molar-refractivity contribution in [3.63, 3.8) is 0 Å². The molecule has 0 bridgehead atoms. The maximum atomic E-state index is 14.4. The van der Waals surface area contributed by atoms with E-state index < -0.39 is 33.9 Å². The number of nitriles is 1. The van der Waals surface area contributed by atoms with E-state index in [2.05, 4.69) is 10.1 Å². The maximum Gasteiger partial charge on any atom is 0.320 e. The van der Waals surface area contributed by atoms with Crippen LogP contribution in [0.4, 0.5) is 20.3 Å². The third-order valence-electron chi connectivity index (χ3n) is 6.85. The molecule has 1 aromatic carbocycles. The Morgan fingerprint density at radius 2 is 2.14 bits per heavy atom. The summed E-state index contributed by atoms with van der Waals surface area (Å²) in [5.74, 6) is -3.14. The molecule has 11 nitrogen and oxygen atoms in total. The molecule has 2 atom stereocenters. The minimum Gasteiger partial charge on any atom is -0.480 e. The molecule has 188 valence electrons. The SMILES string of the molecule is N#Cc1c(N)nn2ccc(C3(C(=O)O)C=C(C4CCN(c5cc(F)ccc5F)C4)C([N+](=O)[O-])=CC3)nc12. The van der Waals surface area contributed by atoms with E-state index in [1.54, 1.807) is 4.90 Å². The average molecular weight is 507 g/mol. The van der Waals surface area contributed by atoms with Gasteiger partial charge in [0.1, 0.15) is 28.7 Å². The van der Waals surface area contributed by atoms with E-state index in [1.165, 1.54) is 28.9 Å². The first kappa shape index (κ1) is 23.9. The van der Waals surface area contributed by atoms with Gasteiger partial charge in [0.15, 0.2) is 11.5 Å². The van der Waals surface area contributed by atoms with Gasteiger partial charge in [0.2, 0.25) is 0 Å². The molecule has 3 aromatic rings. The third kappa shape index (κ3) is 3.83. The van der Waals surface area contributed by atoms with Gasteiger partial charge in [-0.3, -0.25) is 14.9 Å². The Kier molecular flexibility index (Phi) is 5.59. The zero-order chi connectivity index (χ0) is 26.5. The monoisotopic (exact) mass is 507 g/mol. The fourth-order valence-corrected chi connectivity index (χ4v) is 4.98. The zero-order valence-corrected chi connectivity index (χ0v) is 19.1. The molecule has 2 aromatic heterocycles. The maximum absolute atomic E-state index is 14.4. The molecule has 0 amide bonds. The molecular formula is C24H19F2N7O4. The first-order valence-corrected chi connectivity index (χ1v) is 11.2. The second kappa shape index (κ2) is 8.66. The first-order chi connectivity index (χ1) is 17.6. The van der Waals surface area contributed by atoms with Crippen molar-refractivity contribution in [2.24, 2.45) is 5.92 Å². The van der Waals surface area contributed by atoms with Crippen LogP contribution < -0.4 is 10.6 Å². The molecule has 0 saturated carbocycles. The number of nitrogens with two attached hydrogens (primary N) is 1. The summed E-state index contributed by atoms with van der Waals surface area (Å²) in [5.41, 5.74) is 4.04. The highest BCUT2D eigenvalue weighted by Crippen LogP contribution is 2.42. The van der Waals surface area contributed by atoms with Crippen LogP contribution in [0.2, 0.25) is 0 Å². The number of nitrogens with zero attached hydrogens (tertiary/aromatic N) is 6. The van der Waals surface area contributed by atoms with E-state index in [-0.39, 0.29) is 59.2 Å². The van der Waals surface area contributed by atoms with Crippen LogP contribution in [0.3, 0.4) is 0 Å². The minimum absolute atomic E-state index is 0.0209. The highest BCUT2D eigenvalue weighted by Gasteiger charge is 2.46. The second-order valence-electron chi connectivity index (χ2n) is 8.91. The van der Waals surface area contributed by atoms with Crippen molar-refractivity contribution in [3.8, 4) is 6.07 Å². The number of rotatable bonds is 5. The minimum atomic E-state index is -1.78. The molecular weight excluding hydrogens is 488 g/mol. The van der Waals surface area contributed by atoms with Crippen molar-refractivity contribution in [1.29, 1.82) is 5.26 Å². The van der Waals surface area contributed by atoms with E-state index in [4.69, 9.17) is 5.73 Å². The number of hydrogen-bond acceptors (Lipinski definition) is 8. The Morgan fingerprint density at radius 3 is 2.84 bits per heavy atom. The van der Waals surface area contributed by atoms with E-state index >= 15 is 0 Å². The number of anilines is 2. The van der Waals surface area contributed by atoms with Gasteiger partial charge in [-0.2, -0.15) is 5.26 Å². The molecule has 13 heteroatoms. The van der Waals surface area contributed by atoms with Crippen LogP contribution in [0.1, 0.15) is 24.1 Å². The largest absolute Gasteiger partial charge is 0.480 e. The van der Waals surface area contributed by atoms with Crippen molar-refractivity contribution < 1.29 is 23.6 Å². The number of hydrogen-bond donors (Lipinski definition) is 2. The van der Waals surface area contributed by atoms with Crippen LogP contribution >= 0.6 is 0 Å². The van der Waals surface area contributed by atoms with E-state index in [0.717, 1.165) is 18.2 Å². The van der Waals surface area contributed by atoms with Crippen LogP contribution in [0.5, 0.6) is 0 Å². The second-order valence-corrected chi connectivity index (χ2v) is 8.91. The van der Waals surface area contributed by atoms with Gasteiger partial charge in [-0.05, 0) is 37.1 Å². The topological polar surface area (TPSA) is 164 Å². The van der Waals surface area contributed by atoms with Crippen LogP contribution in [0.25, 0.3) is 5.65 Å². The summed E-state index contributed by atoms with van der Waals surface area (Å²) in [5, 5.41) is 35.6. The summed E-state index contributed by atoms with van der Waals surface area (Å²) < 4.78 is 29.4. The Hall–Kier alpha value is -4.86. The molecule has 1 fully saturated rings. The van der Waals surface area contributed by atoms with Gasteiger partial charge in [-0.15, -0.1) is 5.10 Å². The quantitative estimate of drug-likeness (QED) is 0.390. The molecule has 2 unspecified atom stereocenters. The summed E-state index contributed by atoms with van der Waals surface area (Å²) in [7, 11) is 0. The number of allylic oxidation sites excluding steroid dienone is 2. The lowest BCUT2D eigenvalue weighted by Gasteiger charge is -2.30. The van der Waals surface area contributed by atoms with E-state index in [9.17, 15) is 34.1 Å².